The maximum atomic E-state index is 12.9. The standard InChI is InChI=1S/C36H51O7P/c1-33(2,3)25-19-23(20-26(31(25)39)34(4,5)6)29(37)15-13-17-42-44(41)43-18-14-16-30(38)24-21-27(35(7,8)9)32(40)28(22-24)36(10,11)12/h13-16,19-22,39-40,44H,17-18H2,1-12H3/b15-13+,16-14+. The van der Waals surface area contributed by atoms with Gasteiger partial charge < -0.3 is 19.3 Å². The Hall–Kier alpha value is -2.99. The molecule has 0 saturated carbocycles. The maximum absolute atomic E-state index is 12.9. The highest BCUT2D eigenvalue weighted by Gasteiger charge is 2.28. The van der Waals surface area contributed by atoms with Crippen LogP contribution < -0.4 is 0 Å². The van der Waals surface area contributed by atoms with Gasteiger partial charge in [-0.25, -0.2) is 0 Å². The number of hydrogen-bond acceptors (Lipinski definition) is 7. The van der Waals surface area contributed by atoms with Crippen LogP contribution in [0.5, 0.6) is 11.5 Å². The van der Waals surface area contributed by atoms with Gasteiger partial charge in [0.05, 0.1) is 13.2 Å². The van der Waals surface area contributed by atoms with Crippen molar-refractivity contribution in [3.05, 3.63) is 82.0 Å². The van der Waals surface area contributed by atoms with Crippen molar-refractivity contribution in [1.82, 2.24) is 0 Å². The Kier molecular flexibility index (Phi) is 11.8. The summed E-state index contributed by atoms with van der Waals surface area (Å²) >= 11 is 0. The number of carbonyl (C=O) groups is 2. The lowest BCUT2D eigenvalue weighted by atomic mass is 9.78. The maximum Gasteiger partial charge on any atom is 0.319 e. The van der Waals surface area contributed by atoms with E-state index in [4.69, 9.17) is 9.05 Å². The molecule has 2 aromatic rings. The number of allylic oxidation sites excluding steroid dienone is 2. The van der Waals surface area contributed by atoms with Crippen LogP contribution >= 0.6 is 8.25 Å². The molecule has 0 aliphatic heterocycles. The molecule has 2 N–H and O–H groups in total. The van der Waals surface area contributed by atoms with E-state index < -0.39 is 8.25 Å². The van der Waals surface area contributed by atoms with Crippen molar-refractivity contribution in [2.45, 2.75) is 105 Å². The Bertz CT molecular complexity index is 1270. The van der Waals surface area contributed by atoms with Gasteiger partial charge in [-0.05, 0) is 58.1 Å². The molecule has 8 heteroatoms. The normalized spacial score (nSPS) is 13.4. The van der Waals surface area contributed by atoms with E-state index in [2.05, 4.69) is 0 Å². The number of phenols is 2. The van der Waals surface area contributed by atoms with Gasteiger partial charge in [-0.2, -0.15) is 0 Å². The van der Waals surface area contributed by atoms with Crippen molar-refractivity contribution in [2.24, 2.45) is 0 Å². The first-order valence-electron chi connectivity index (χ1n) is 14.9. The Morgan fingerprint density at radius 3 is 1.07 bits per heavy atom. The first kappa shape index (κ1) is 37.2. The van der Waals surface area contributed by atoms with Crippen LogP contribution in [0.15, 0.2) is 48.6 Å². The van der Waals surface area contributed by atoms with Crippen molar-refractivity contribution < 1.29 is 33.4 Å². The second kappa shape index (κ2) is 14.0. The first-order valence-corrected chi connectivity index (χ1v) is 16.1. The second-order valence-electron chi connectivity index (χ2n) is 15.2. The Morgan fingerprint density at radius 1 is 0.591 bits per heavy atom. The van der Waals surface area contributed by atoms with Crippen LogP contribution in [0.3, 0.4) is 0 Å². The van der Waals surface area contributed by atoms with Gasteiger partial charge in [0.1, 0.15) is 11.5 Å². The van der Waals surface area contributed by atoms with E-state index in [1.165, 1.54) is 24.3 Å². The Balaban J connectivity index is 2.02. The summed E-state index contributed by atoms with van der Waals surface area (Å²) < 4.78 is 22.6. The van der Waals surface area contributed by atoms with Crippen LogP contribution in [0, 0.1) is 0 Å². The molecule has 0 atom stereocenters. The molecule has 0 fully saturated rings. The molecule has 2 aromatic carbocycles. The van der Waals surface area contributed by atoms with Crippen molar-refractivity contribution in [3.8, 4) is 11.5 Å². The number of ketones is 2. The van der Waals surface area contributed by atoms with Gasteiger partial charge in [0.25, 0.3) is 0 Å². The lowest BCUT2D eigenvalue weighted by molar-refractivity contribution is 0.103. The fourth-order valence-electron chi connectivity index (χ4n) is 4.62. The minimum absolute atomic E-state index is 0.0960. The van der Waals surface area contributed by atoms with Crippen LogP contribution in [0.25, 0.3) is 0 Å². The molecule has 0 heterocycles. The van der Waals surface area contributed by atoms with Crippen LogP contribution in [-0.2, 0) is 35.3 Å². The molecular formula is C36H51O7P. The Morgan fingerprint density at radius 2 is 0.841 bits per heavy atom. The van der Waals surface area contributed by atoms with E-state index in [1.807, 2.05) is 83.1 Å². The SMILES string of the molecule is CC(C)(C)c1cc(C(=O)/C=C/CO[PH](=O)OC/C=C/C(=O)c2cc(C(C)(C)C)c(O)c(C(C)(C)C)c2)cc(C(C)(C)C)c1O. The van der Waals surface area contributed by atoms with Crippen molar-refractivity contribution >= 4 is 19.8 Å². The summed E-state index contributed by atoms with van der Waals surface area (Å²) in [6.45, 7) is 23.6. The summed E-state index contributed by atoms with van der Waals surface area (Å²) in [5, 5.41) is 21.8. The molecule has 44 heavy (non-hydrogen) atoms. The third-order valence-corrected chi connectivity index (χ3v) is 7.96. The number of rotatable bonds is 10. The number of aromatic hydroxyl groups is 2. The lowest BCUT2D eigenvalue weighted by Gasteiger charge is -2.28. The molecule has 0 amide bonds. The van der Waals surface area contributed by atoms with Crippen LogP contribution in [0.2, 0.25) is 0 Å². The first-order chi connectivity index (χ1) is 19.9. The lowest BCUT2D eigenvalue weighted by Crippen LogP contribution is -2.18. The average molecular weight is 627 g/mol. The zero-order chi connectivity index (χ0) is 33.8. The molecule has 0 saturated heterocycles. The molecule has 0 bridgehead atoms. The summed E-state index contributed by atoms with van der Waals surface area (Å²) in [4.78, 5) is 25.9. The predicted molar refractivity (Wildman–Crippen MR) is 179 cm³/mol. The van der Waals surface area contributed by atoms with Gasteiger partial charge in [0.15, 0.2) is 11.6 Å². The van der Waals surface area contributed by atoms with Crippen molar-refractivity contribution in [2.75, 3.05) is 13.2 Å². The molecule has 2 rings (SSSR count). The van der Waals surface area contributed by atoms with Crippen molar-refractivity contribution in [1.29, 1.82) is 0 Å². The van der Waals surface area contributed by atoms with E-state index >= 15 is 0 Å². The molecule has 0 aliphatic rings. The van der Waals surface area contributed by atoms with Crippen LogP contribution in [0.1, 0.15) is 126 Å². The van der Waals surface area contributed by atoms with Gasteiger partial charge in [-0.1, -0.05) is 95.2 Å². The predicted octanol–water partition coefficient (Wildman–Crippen LogP) is 8.89. The molecule has 242 valence electrons. The Labute approximate surface area is 264 Å². The summed E-state index contributed by atoms with van der Waals surface area (Å²) in [6, 6.07) is 6.85. The van der Waals surface area contributed by atoms with E-state index in [0.717, 1.165) is 0 Å². The monoisotopic (exact) mass is 626 g/mol. The largest absolute Gasteiger partial charge is 0.507 e. The minimum Gasteiger partial charge on any atom is -0.507 e. The molecule has 0 spiro atoms. The van der Waals surface area contributed by atoms with Gasteiger partial charge >= 0.3 is 8.25 Å². The molecule has 0 unspecified atom stereocenters. The number of benzene rings is 2. The fraction of sp³-hybridized carbons (Fsp3) is 0.500. The minimum atomic E-state index is -2.87. The quantitative estimate of drug-likeness (QED) is 0.154. The topological polar surface area (TPSA) is 110 Å². The number of hydrogen-bond donors (Lipinski definition) is 2. The van der Waals surface area contributed by atoms with Crippen molar-refractivity contribution in [3.63, 3.8) is 0 Å². The molecular weight excluding hydrogens is 575 g/mol. The summed E-state index contributed by atoms with van der Waals surface area (Å²) in [6.07, 6.45) is 5.65. The smallest absolute Gasteiger partial charge is 0.319 e. The molecule has 0 aliphatic carbocycles. The molecule has 0 aromatic heterocycles. The third-order valence-electron chi connectivity index (χ3n) is 7.15. The highest BCUT2D eigenvalue weighted by atomic mass is 31.1. The summed E-state index contributed by atoms with van der Waals surface area (Å²) in [5.41, 5.74) is 2.22. The average Bonchev–Trinajstić information content (AvgIpc) is 2.86. The van der Waals surface area contributed by atoms with Gasteiger partial charge in [-0.15, -0.1) is 0 Å². The zero-order valence-corrected chi connectivity index (χ0v) is 29.5. The van der Waals surface area contributed by atoms with Crippen LogP contribution in [0.4, 0.5) is 0 Å². The van der Waals surface area contributed by atoms with Gasteiger partial charge in [0.2, 0.25) is 0 Å². The van der Waals surface area contributed by atoms with E-state index in [-0.39, 0.29) is 57.9 Å². The molecule has 0 radical (unpaired) electrons. The van der Waals surface area contributed by atoms with Crippen LogP contribution in [-0.4, -0.2) is 35.0 Å². The highest BCUT2D eigenvalue weighted by Crippen LogP contribution is 2.41. The fourth-order valence-corrected chi connectivity index (χ4v) is 5.16. The van der Waals surface area contributed by atoms with Gasteiger partial charge in [0, 0.05) is 33.4 Å². The highest BCUT2D eigenvalue weighted by molar-refractivity contribution is 7.33. The van der Waals surface area contributed by atoms with E-state index in [9.17, 15) is 24.4 Å². The second-order valence-corrected chi connectivity index (χ2v) is 16.3. The van der Waals surface area contributed by atoms with E-state index in [1.54, 1.807) is 24.3 Å². The molecule has 7 nitrogen and oxygen atoms in total. The summed E-state index contributed by atoms with van der Waals surface area (Å²) in [7, 11) is -2.87. The van der Waals surface area contributed by atoms with Gasteiger partial charge in [-0.3, -0.25) is 14.2 Å². The third kappa shape index (κ3) is 10.0. The summed E-state index contributed by atoms with van der Waals surface area (Å²) in [5.74, 6) is -0.115. The zero-order valence-electron chi connectivity index (χ0n) is 28.5. The van der Waals surface area contributed by atoms with E-state index in [0.29, 0.717) is 33.4 Å². The number of carbonyl (C=O) groups excluding carboxylic acids is 2. The number of phenolic OH excluding ortho intramolecular Hbond substituents is 2.